The molecule has 0 aromatic heterocycles. The predicted octanol–water partition coefficient (Wildman–Crippen LogP) is 7.95. The highest BCUT2D eigenvalue weighted by Gasteiger charge is 2.40. The van der Waals surface area contributed by atoms with Crippen molar-refractivity contribution < 1.29 is 4.59 Å². The zero-order valence-corrected chi connectivity index (χ0v) is 21.7. The molecule has 0 fully saturated rings. The Labute approximate surface area is 179 Å². The smallest absolute Gasteiger partial charge is 0.111 e. The van der Waals surface area contributed by atoms with Crippen LogP contribution in [0.1, 0.15) is 114 Å². The summed E-state index contributed by atoms with van der Waals surface area (Å²) in [4.78, 5) is 0. The van der Waals surface area contributed by atoms with E-state index in [4.69, 9.17) is 0 Å². The summed E-state index contributed by atoms with van der Waals surface area (Å²) in [7, 11) is 4.72. The van der Waals surface area contributed by atoms with Gasteiger partial charge in [-0.3, -0.25) is 0 Å². The van der Waals surface area contributed by atoms with Gasteiger partial charge < -0.3 is 0 Å². The molecule has 2 nitrogen and oxygen atoms in total. The third-order valence-electron chi connectivity index (χ3n) is 8.26. The van der Waals surface area contributed by atoms with Gasteiger partial charge in [0.15, 0.2) is 0 Å². The summed E-state index contributed by atoms with van der Waals surface area (Å²) in [6, 6.07) is 0.581. The van der Waals surface area contributed by atoms with Crippen molar-refractivity contribution in [2.45, 2.75) is 120 Å². The van der Waals surface area contributed by atoms with Crippen molar-refractivity contribution in [2.24, 2.45) is 23.2 Å². The number of hydrogen-bond donors (Lipinski definition) is 1. The molecule has 168 valence electrons. The van der Waals surface area contributed by atoms with Gasteiger partial charge in [-0.25, -0.2) is 10.0 Å². The van der Waals surface area contributed by atoms with Crippen LogP contribution in [0.15, 0.2) is 11.3 Å². The Morgan fingerprint density at radius 3 is 1.79 bits per heavy atom. The van der Waals surface area contributed by atoms with E-state index in [1.807, 2.05) is 0 Å². The fourth-order valence-electron chi connectivity index (χ4n) is 5.45. The Morgan fingerprint density at radius 2 is 1.43 bits per heavy atom. The third kappa shape index (κ3) is 7.08. The molecule has 1 N–H and O–H groups in total. The lowest BCUT2D eigenvalue weighted by atomic mass is 9.64. The molecule has 0 saturated heterocycles. The summed E-state index contributed by atoms with van der Waals surface area (Å²) in [6.45, 7) is 23.8. The number of allylic oxidation sites excluding steroid dienone is 2. The molecule has 0 heterocycles. The van der Waals surface area contributed by atoms with Crippen LogP contribution in [-0.4, -0.2) is 24.7 Å². The molecule has 0 radical (unpaired) electrons. The molecule has 0 aliphatic rings. The summed E-state index contributed by atoms with van der Waals surface area (Å²) in [5.41, 5.74) is 7.22. The maximum absolute atomic E-state index is 3.87. The Morgan fingerprint density at radius 1 is 0.893 bits per heavy atom. The second-order valence-electron chi connectivity index (χ2n) is 10.2. The van der Waals surface area contributed by atoms with E-state index in [0.717, 1.165) is 22.3 Å². The molecule has 0 aromatic carbocycles. The number of nitrogens with one attached hydrogen (secondary N) is 1. The maximum Gasteiger partial charge on any atom is 0.111 e. The van der Waals surface area contributed by atoms with Crippen molar-refractivity contribution >= 4 is 0 Å². The van der Waals surface area contributed by atoms with E-state index in [-0.39, 0.29) is 0 Å². The average molecular weight is 396 g/mol. The van der Waals surface area contributed by atoms with Crippen LogP contribution in [0, 0.1) is 23.2 Å². The van der Waals surface area contributed by atoms with E-state index < -0.39 is 0 Å². The standard InChI is InChI=1S/C26H55N2/c1-13-18-21(8)22(9)27-28(11,12)23(10)25(15-3)24(14-2)19-26(16-4,17-5)20(6)7/h20,23-25,27H,13-19H2,1-12H3/q+1. The molecule has 3 unspecified atom stereocenters. The summed E-state index contributed by atoms with van der Waals surface area (Å²) >= 11 is 0. The Hall–Kier alpha value is -0.500. The van der Waals surface area contributed by atoms with E-state index in [2.05, 4.69) is 88.8 Å². The zero-order chi connectivity index (χ0) is 22.1. The molecular weight excluding hydrogens is 340 g/mol. The van der Waals surface area contributed by atoms with Gasteiger partial charge in [0.25, 0.3) is 0 Å². The Kier molecular flexibility index (Phi) is 12.0. The molecule has 0 bridgehead atoms. The minimum atomic E-state index is 0.492. The fourth-order valence-corrected chi connectivity index (χ4v) is 5.45. The SMILES string of the molecule is CCCC(C)=C(C)N[N+](C)(C)C(C)C(CC)C(CC)CC(CC)(CC)C(C)C. The highest BCUT2D eigenvalue weighted by atomic mass is 15.6. The molecule has 0 spiro atoms. The number of quaternary nitrogens is 1. The lowest BCUT2D eigenvalue weighted by molar-refractivity contribution is -0.955. The molecule has 0 amide bonds. The van der Waals surface area contributed by atoms with Gasteiger partial charge in [-0.15, -0.1) is 0 Å². The van der Waals surface area contributed by atoms with Crippen LogP contribution in [0.25, 0.3) is 0 Å². The average Bonchev–Trinajstić information content (AvgIpc) is 2.64. The molecule has 2 heteroatoms. The quantitative estimate of drug-likeness (QED) is 0.232. The first-order chi connectivity index (χ1) is 13.0. The van der Waals surface area contributed by atoms with Crippen molar-refractivity contribution in [3.63, 3.8) is 0 Å². The molecule has 0 rings (SSSR count). The molecule has 0 aliphatic carbocycles. The first kappa shape index (κ1) is 27.5. The van der Waals surface area contributed by atoms with Gasteiger partial charge in [0.2, 0.25) is 0 Å². The van der Waals surface area contributed by atoms with Gasteiger partial charge in [0.05, 0.1) is 19.8 Å². The second-order valence-corrected chi connectivity index (χ2v) is 10.2. The number of rotatable bonds is 14. The minimum absolute atomic E-state index is 0.492. The van der Waals surface area contributed by atoms with Crippen molar-refractivity contribution in [2.75, 3.05) is 14.1 Å². The molecule has 28 heavy (non-hydrogen) atoms. The molecular formula is C26H55N2+. The van der Waals surface area contributed by atoms with Crippen LogP contribution in [0.4, 0.5) is 0 Å². The van der Waals surface area contributed by atoms with Gasteiger partial charge in [-0.05, 0) is 62.9 Å². The van der Waals surface area contributed by atoms with Crippen LogP contribution in [0.2, 0.25) is 0 Å². The Bertz CT molecular complexity index is 457. The normalized spacial score (nSPS) is 17.3. The van der Waals surface area contributed by atoms with Gasteiger partial charge in [-0.1, -0.05) is 74.1 Å². The maximum atomic E-state index is 3.87. The van der Waals surface area contributed by atoms with E-state index >= 15 is 0 Å². The highest BCUT2D eigenvalue weighted by Crippen LogP contribution is 2.45. The van der Waals surface area contributed by atoms with Gasteiger partial charge in [-0.2, -0.15) is 0 Å². The lowest BCUT2D eigenvalue weighted by Gasteiger charge is -2.46. The van der Waals surface area contributed by atoms with Gasteiger partial charge in [0.1, 0.15) is 6.04 Å². The van der Waals surface area contributed by atoms with Gasteiger partial charge in [0, 0.05) is 5.92 Å². The monoisotopic (exact) mass is 395 g/mol. The van der Waals surface area contributed by atoms with Crippen LogP contribution in [0.3, 0.4) is 0 Å². The summed E-state index contributed by atoms with van der Waals surface area (Å²) in [5, 5.41) is 0. The van der Waals surface area contributed by atoms with E-state index in [1.165, 1.54) is 56.2 Å². The minimum Gasteiger partial charge on any atom is -0.241 e. The summed E-state index contributed by atoms with van der Waals surface area (Å²) in [6.07, 6.45) is 8.94. The fraction of sp³-hybridized carbons (Fsp3) is 0.923. The second kappa shape index (κ2) is 12.3. The van der Waals surface area contributed by atoms with Crippen molar-refractivity contribution in [3.8, 4) is 0 Å². The van der Waals surface area contributed by atoms with Crippen molar-refractivity contribution in [1.29, 1.82) is 0 Å². The predicted molar refractivity (Wildman–Crippen MR) is 128 cm³/mol. The summed E-state index contributed by atoms with van der Waals surface area (Å²) < 4.78 is 0.870. The first-order valence-corrected chi connectivity index (χ1v) is 12.2. The molecule has 0 aliphatic heterocycles. The largest absolute Gasteiger partial charge is 0.241 e. The van der Waals surface area contributed by atoms with E-state index in [0.29, 0.717) is 11.5 Å². The number of hydrogen-bond acceptors (Lipinski definition) is 1. The summed E-state index contributed by atoms with van der Waals surface area (Å²) in [5.74, 6) is 2.29. The highest BCUT2D eigenvalue weighted by molar-refractivity contribution is 5.05. The first-order valence-electron chi connectivity index (χ1n) is 12.2. The Balaban J connectivity index is 5.61. The van der Waals surface area contributed by atoms with E-state index in [9.17, 15) is 0 Å². The van der Waals surface area contributed by atoms with Crippen LogP contribution in [0.5, 0.6) is 0 Å². The van der Waals surface area contributed by atoms with Gasteiger partial charge >= 0.3 is 0 Å². The van der Waals surface area contributed by atoms with E-state index in [1.54, 1.807) is 0 Å². The number of nitrogens with zero attached hydrogens (tertiary/aromatic N) is 1. The topological polar surface area (TPSA) is 12.0 Å². The van der Waals surface area contributed by atoms with Crippen molar-refractivity contribution in [1.82, 2.24) is 5.43 Å². The molecule has 0 saturated carbocycles. The third-order valence-corrected chi connectivity index (χ3v) is 8.26. The lowest BCUT2D eigenvalue weighted by Crippen LogP contribution is -2.60. The van der Waals surface area contributed by atoms with Crippen LogP contribution < -0.4 is 5.43 Å². The molecule has 3 atom stereocenters. The zero-order valence-electron chi connectivity index (χ0n) is 21.7. The van der Waals surface area contributed by atoms with Crippen LogP contribution in [-0.2, 0) is 0 Å². The van der Waals surface area contributed by atoms with Crippen LogP contribution >= 0.6 is 0 Å². The molecule has 0 aromatic rings. The van der Waals surface area contributed by atoms with Crippen molar-refractivity contribution in [3.05, 3.63) is 11.3 Å².